The van der Waals surface area contributed by atoms with Gasteiger partial charge in [0.1, 0.15) is 5.78 Å². The molecule has 0 aliphatic carbocycles. The predicted molar refractivity (Wildman–Crippen MR) is 69.5 cm³/mol. The first-order chi connectivity index (χ1) is 8.26. The Bertz CT molecular complexity index is 256. The van der Waals surface area contributed by atoms with Crippen molar-refractivity contribution in [1.29, 1.82) is 0 Å². The lowest BCUT2D eigenvalue weighted by Crippen LogP contribution is -2.46. The van der Waals surface area contributed by atoms with Crippen molar-refractivity contribution >= 4 is 17.5 Å². The van der Waals surface area contributed by atoms with Crippen LogP contribution in [0.3, 0.4) is 0 Å². The van der Waals surface area contributed by atoms with Gasteiger partial charge in [-0.05, 0) is 31.4 Å². The Labute approximate surface area is 108 Å². The van der Waals surface area contributed by atoms with Crippen LogP contribution in [-0.2, 0) is 14.3 Å². The summed E-state index contributed by atoms with van der Waals surface area (Å²) in [6.45, 7) is 4.41. The molecule has 2 saturated heterocycles. The highest BCUT2D eigenvalue weighted by Crippen LogP contribution is 2.37. The van der Waals surface area contributed by atoms with Crippen LogP contribution >= 0.6 is 11.8 Å². The summed E-state index contributed by atoms with van der Waals surface area (Å²) in [5, 5.41) is 0. The van der Waals surface area contributed by atoms with Gasteiger partial charge in [-0.25, -0.2) is 0 Å². The van der Waals surface area contributed by atoms with E-state index in [1.165, 1.54) is 0 Å². The van der Waals surface area contributed by atoms with Crippen LogP contribution in [0.15, 0.2) is 0 Å². The van der Waals surface area contributed by atoms with E-state index in [1.807, 2.05) is 0 Å². The fraction of sp³-hybridized carbons (Fsp3) is 0.923. The largest absolute Gasteiger partial charge is 0.381 e. The second-order valence-electron chi connectivity index (χ2n) is 4.94. The van der Waals surface area contributed by atoms with E-state index in [9.17, 15) is 4.79 Å². The highest BCUT2D eigenvalue weighted by Gasteiger charge is 2.40. The van der Waals surface area contributed by atoms with Crippen molar-refractivity contribution in [3.8, 4) is 0 Å². The monoisotopic (exact) mass is 258 g/mol. The molecule has 2 heterocycles. The van der Waals surface area contributed by atoms with Gasteiger partial charge in [0.2, 0.25) is 0 Å². The van der Waals surface area contributed by atoms with E-state index in [0.717, 1.165) is 51.3 Å². The van der Waals surface area contributed by atoms with Crippen LogP contribution in [0.5, 0.6) is 0 Å². The van der Waals surface area contributed by atoms with Gasteiger partial charge in [0.15, 0.2) is 0 Å². The SMILES string of the molecule is CCSCC(=O)C1CCOC2(CCOCC2)C1. The predicted octanol–water partition coefficient (Wildman–Crippen LogP) is 2.28. The van der Waals surface area contributed by atoms with Gasteiger partial charge in [0.25, 0.3) is 0 Å². The lowest BCUT2D eigenvalue weighted by atomic mass is 9.79. The number of thioether (sulfide) groups is 1. The molecule has 2 fully saturated rings. The molecular weight excluding hydrogens is 236 g/mol. The lowest BCUT2D eigenvalue weighted by Gasteiger charge is -2.42. The molecular formula is C13H22O3S. The summed E-state index contributed by atoms with van der Waals surface area (Å²) in [5.41, 5.74) is -0.0479. The van der Waals surface area contributed by atoms with Crippen LogP contribution in [0.25, 0.3) is 0 Å². The maximum absolute atomic E-state index is 12.1. The number of Topliss-reactive ketones (excluding diaryl/α,β-unsaturated/α-hetero) is 1. The van der Waals surface area contributed by atoms with E-state index in [1.54, 1.807) is 11.8 Å². The van der Waals surface area contributed by atoms with Crippen LogP contribution in [0.2, 0.25) is 0 Å². The van der Waals surface area contributed by atoms with Gasteiger partial charge in [-0.3, -0.25) is 4.79 Å². The van der Waals surface area contributed by atoms with Crippen molar-refractivity contribution in [2.45, 2.75) is 38.2 Å². The second kappa shape index (κ2) is 6.21. The van der Waals surface area contributed by atoms with E-state index < -0.39 is 0 Å². The summed E-state index contributed by atoms with van der Waals surface area (Å²) < 4.78 is 11.3. The quantitative estimate of drug-likeness (QED) is 0.775. The molecule has 1 unspecified atom stereocenters. The highest BCUT2D eigenvalue weighted by atomic mass is 32.2. The van der Waals surface area contributed by atoms with Crippen molar-refractivity contribution in [2.75, 3.05) is 31.3 Å². The van der Waals surface area contributed by atoms with E-state index in [-0.39, 0.29) is 11.5 Å². The molecule has 2 rings (SSSR count). The first-order valence-electron chi connectivity index (χ1n) is 6.58. The Kier molecular flexibility index (Phi) is 4.88. The van der Waals surface area contributed by atoms with E-state index in [4.69, 9.17) is 9.47 Å². The number of ketones is 1. The van der Waals surface area contributed by atoms with Crippen LogP contribution in [0.4, 0.5) is 0 Å². The van der Waals surface area contributed by atoms with Gasteiger partial charge in [0, 0.05) is 25.7 Å². The summed E-state index contributed by atoms with van der Waals surface area (Å²) in [4.78, 5) is 12.1. The number of carbonyl (C=O) groups is 1. The highest BCUT2D eigenvalue weighted by molar-refractivity contribution is 7.99. The molecule has 1 atom stereocenters. The van der Waals surface area contributed by atoms with Gasteiger partial charge in [0.05, 0.1) is 11.4 Å². The van der Waals surface area contributed by atoms with E-state index >= 15 is 0 Å². The molecule has 4 heteroatoms. The molecule has 0 bridgehead atoms. The zero-order chi connectivity index (χ0) is 12.1. The van der Waals surface area contributed by atoms with Crippen LogP contribution < -0.4 is 0 Å². The smallest absolute Gasteiger partial charge is 0.146 e. The summed E-state index contributed by atoms with van der Waals surface area (Å²) in [7, 11) is 0. The Morgan fingerprint density at radius 3 is 2.82 bits per heavy atom. The molecule has 3 nitrogen and oxygen atoms in total. The normalized spacial score (nSPS) is 28.2. The summed E-state index contributed by atoms with van der Waals surface area (Å²) in [5.74, 6) is 2.34. The van der Waals surface area contributed by atoms with E-state index in [2.05, 4.69) is 6.92 Å². The molecule has 17 heavy (non-hydrogen) atoms. The zero-order valence-corrected chi connectivity index (χ0v) is 11.4. The first kappa shape index (κ1) is 13.4. The van der Waals surface area contributed by atoms with Crippen molar-refractivity contribution in [1.82, 2.24) is 0 Å². The Balaban J connectivity index is 1.89. The second-order valence-corrected chi connectivity index (χ2v) is 6.21. The first-order valence-corrected chi connectivity index (χ1v) is 7.73. The van der Waals surface area contributed by atoms with Gasteiger partial charge in [-0.2, -0.15) is 11.8 Å². The molecule has 0 amide bonds. The maximum atomic E-state index is 12.1. The Morgan fingerprint density at radius 1 is 1.35 bits per heavy atom. The average Bonchev–Trinajstić information content (AvgIpc) is 2.37. The lowest BCUT2D eigenvalue weighted by molar-refractivity contribution is -0.155. The minimum Gasteiger partial charge on any atom is -0.381 e. The van der Waals surface area contributed by atoms with Gasteiger partial charge >= 0.3 is 0 Å². The fourth-order valence-corrected chi connectivity index (χ4v) is 3.36. The molecule has 2 aliphatic rings. The fourth-order valence-electron chi connectivity index (χ4n) is 2.71. The molecule has 0 saturated carbocycles. The van der Waals surface area contributed by atoms with Crippen molar-refractivity contribution in [2.24, 2.45) is 5.92 Å². The molecule has 0 aromatic heterocycles. The van der Waals surface area contributed by atoms with Crippen molar-refractivity contribution in [3.05, 3.63) is 0 Å². The molecule has 1 spiro atoms. The van der Waals surface area contributed by atoms with Gasteiger partial charge < -0.3 is 9.47 Å². The van der Waals surface area contributed by atoms with Crippen LogP contribution in [-0.4, -0.2) is 42.7 Å². The summed E-state index contributed by atoms with van der Waals surface area (Å²) in [6.07, 6.45) is 3.74. The third-order valence-corrected chi connectivity index (χ3v) is 4.70. The Hall–Kier alpha value is -0.0600. The van der Waals surface area contributed by atoms with Crippen LogP contribution in [0.1, 0.15) is 32.6 Å². The molecule has 0 aromatic rings. The minimum absolute atomic E-state index is 0.0479. The molecule has 0 N–H and O–H groups in total. The summed E-state index contributed by atoms with van der Waals surface area (Å²) in [6, 6.07) is 0. The van der Waals surface area contributed by atoms with Crippen molar-refractivity contribution < 1.29 is 14.3 Å². The maximum Gasteiger partial charge on any atom is 0.146 e. The van der Waals surface area contributed by atoms with Crippen LogP contribution in [0, 0.1) is 5.92 Å². The topological polar surface area (TPSA) is 35.5 Å². The average molecular weight is 258 g/mol. The number of carbonyl (C=O) groups excluding carboxylic acids is 1. The number of hydrogen-bond acceptors (Lipinski definition) is 4. The van der Waals surface area contributed by atoms with E-state index in [0.29, 0.717) is 11.5 Å². The molecule has 0 radical (unpaired) electrons. The zero-order valence-electron chi connectivity index (χ0n) is 10.6. The van der Waals surface area contributed by atoms with Gasteiger partial charge in [-0.15, -0.1) is 0 Å². The molecule has 2 aliphatic heterocycles. The summed E-state index contributed by atoms with van der Waals surface area (Å²) >= 11 is 1.73. The minimum atomic E-state index is -0.0479. The number of ether oxygens (including phenoxy) is 2. The standard InChI is InChI=1S/C13H22O3S/c1-2-17-10-12(14)11-3-6-16-13(9-11)4-7-15-8-5-13/h11H,2-10H2,1H3. The number of rotatable bonds is 4. The third-order valence-electron chi connectivity index (χ3n) is 3.80. The number of hydrogen-bond donors (Lipinski definition) is 0. The van der Waals surface area contributed by atoms with Gasteiger partial charge in [-0.1, -0.05) is 6.92 Å². The molecule has 0 aromatic carbocycles. The van der Waals surface area contributed by atoms with Crippen molar-refractivity contribution in [3.63, 3.8) is 0 Å². The molecule has 98 valence electrons. The third kappa shape index (κ3) is 3.46. The Morgan fingerprint density at radius 2 is 2.12 bits per heavy atom.